The van der Waals surface area contributed by atoms with Gasteiger partial charge in [0.15, 0.2) is 0 Å². The number of nitrogens with zero attached hydrogens (tertiary/aromatic N) is 1. The fraction of sp³-hybridized carbons (Fsp3) is 0.235. The number of carboxylic acid groups (broad SMARTS) is 1. The minimum absolute atomic E-state index is 0.0344. The van der Waals surface area contributed by atoms with Crippen LogP contribution in [0.5, 0.6) is 11.5 Å². The number of halogens is 1. The third-order valence-corrected chi connectivity index (χ3v) is 6.22. The third kappa shape index (κ3) is 3.63. The first kappa shape index (κ1) is 17.7. The van der Waals surface area contributed by atoms with Crippen molar-refractivity contribution in [2.45, 2.75) is 23.8 Å². The second-order valence-corrected chi connectivity index (χ2v) is 7.91. The molecule has 25 heavy (non-hydrogen) atoms. The Morgan fingerprint density at radius 1 is 1.16 bits per heavy atom. The molecule has 0 bridgehead atoms. The summed E-state index contributed by atoms with van der Waals surface area (Å²) in [5, 5.41) is 9.63. The minimum Gasteiger partial charge on any atom is -0.480 e. The van der Waals surface area contributed by atoms with Crippen molar-refractivity contribution >= 4 is 27.6 Å². The molecule has 1 unspecified atom stereocenters. The summed E-state index contributed by atoms with van der Waals surface area (Å²) in [6.07, 6.45) is 0.853. The lowest BCUT2D eigenvalue weighted by atomic mass is 10.2. The molecule has 1 N–H and O–H groups in total. The molecule has 1 atom stereocenters. The van der Waals surface area contributed by atoms with Crippen LogP contribution in [0, 0.1) is 0 Å². The lowest BCUT2D eigenvalue weighted by Crippen LogP contribution is -2.40. The molecular formula is C17H16ClNO5S. The van der Waals surface area contributed by atoms with E-state index in [-0.39, 0.29) is 11.4 Å². The van der Waals surface area contributed by atoms with Gasteiger partial charge in [0.2, 0.25) is 10.0 Å². The van der Waals surface area contributed by atoms with E-state index in [1.165, 1.54) is 24.3 Å². The molecular weight excluding hydrogens is 366 g/mol. The zero-order valence-corrected chi connectivity index (χ0v) is 14.7. The van der Waals surface area contributed by atoms with Crippen LogP contribution in [0.4, 0.5) is 0 Å². The van der Waals surface area contributed by atoms with Crippen LogP contribution >= 0.6 is 11.6 Å². The van der Waals surface area contributed by atoms with Gasteiger partial charge < -0.3 is 9.84 Å². The number of aliphatic carboxylic acids is 1. The van der Waals surface area contributed by atoms with Crippen LogP contribution < -0.4 is 4.74 Å². The predicted octanol–water partition coefficient (Wildman–Crippen LogP) is 3.37. The van der Waals surface area contributed by atoms with Crippen molar-refractivity contribution in [3.05, 3.63) is 53.6 Å². The Morgan fingerprint density at radius 2 is 1.84 bits per heavy atom. The predicted molar refractivity (Wildman–Crippen MR) is 92.5 cm³/mol. The van der Waals surface area contributed by atoms with Crippen LogP contribution in [0.1, 0.15) is 12.8 Å². The molecule has 0 spiro atoms. The second-order valence-electron chi connectivity index (χ2n) is 5.62. The van der Waals surface area contributed by atoms with Gasteiger partial charge in [-0.2, -0.15) is 4.31 Å². The molecule has 1 aliphatic heterocycles. The normalized spacial score (nSPS) is 18.2. The number of carbonyl (C=O) groups is 1. The summed E-state index contributed by atoms with van der Waals surface area (Å²) in [5.74, 6) is -0.228. The fourth-order valence-corrected chi connectivity index (χ4v) is 4.57. The summed E-state index contributed by atoms with van der Waals surface area (Å²) in [6, 6.07) is 11.8. The molecule has 0 aliphatic carbocycles. The molecule has 1 fully saturated rings. The Balaban J connectivity index is 1.82. The van der Waals surface area contributed by atoms with Gasteiger partial charge in [-0.25, -0.2) is 8.42 Å². The highest BCUT2D eigenvalue weighted by molar-refractivity contribution is 7.89. The van der Waals surface area contributed by atoms with Gasteiger partial charge >= 0.3 is 5.97 Å². The maximum absolute atomic E-state index is 12.7. The second kappa shape index (κ2) is 7.03. The average Bonchev–Trinajstić information content (AvgIpc) is 3.08. The monoisotopic (exact) mass is 381 g/mol. The van der Waals surface area contributed by atoms with Gasteiger partial charge in [0.05, 0.1) is 9.92 Å². The topological polar surface area (TPSA) is 83.9 Å². The van der Waals surface area contributed by atoms with E-state index in [0.717, 1.165) is 4.31 Å². The Morgan fingerprint density at radius 3 is 2.48 bits per heavy atom. The third-order valence-electron chi connectivity index (χ3n) is 3.98. The lowest BCUT2D eigenvalue weighted by Gasteiger charge is -2.21. The number of carboxylic acids is 1. The summed E-state index contributed by atoms with van der Waals surface area (Å²) < 4.78 is 32.0. The molecule has 3 rings (SSSR count). The van der Waals surface area contributed by atoms with Crippen molar-refractivity contribution in [3.8, 4) is 11.5 Å². The SMILES string of the molecule is O=C(O)C1CCCN1S(=O)(=O)c1ccc(Oc2ccccc2Cl)cc1. The maximum atomic E-state index is 12.7. The van der Waals surface area contributed by atoms with Gasteiger partial charge in [-0.3, -0.25) is 4.79 Å². The lowest BCUT2D eigenvalue weighted by molar-refractivity contribution is -0.140. The summed E-state index contributed by atoms with van der Waals surface area (Å²) in [6.45, 7) is 0.206. The first-order chi connectivity index (χ1) is 11.9. The van der Waals surface area contributed by atoms with Crippen LogP contribution in [0.15, 0.2) is 53.4 Å². The van der Waals surface area contributed by atoms with Crippen molar-refractivity contribution in [1.82, 2.24) is 4.31 Å². The fourth-order valence-electron chi connectivity index (χ4n) is 2.74. The van der Waals surface area contributed by atoms with Crippen molar-refractivity contribution < 1.29 is 23.1 Å². The van der Waals surface area contributed by atoms with Crippen LogP contribution in [0.25, 0.3) is 0 Å². The zero-order valence-electron chi connectivity index (χ0n) is 13.1. The molecule has 1 aliphatic rings. The Hall–Kier alpha value is -2.09. The van der Waals surface area contributed by atoms with Gasteiger partial charge in [0.1, 0.15) is 17.5 Å². The van der Waals surface area contributed by atoms with Crippen LogP contribution in [-0.2, 0) is 14.8 Å². The Bertz CT molecular complexity index is 882. The number of rotatable bonds is 5. The van der Waals surface area contributed by atoms with Gasteiger partial charge in [0, 0.05) is 6.54 Å². The molecule has 1 saturated heterocycles. The summed E-state index contributed by atoms with van der Waals surface area (Å²) in [7, 11) is -3.86. The van der Waals surface area contributed by atoms with E-state index >= 15 is 0 Å². The minimum atomic E-state index is -3.86. The number of benzene rings is 2. The smallest absolute Gasteiger partial charge is 0.322 e. The molecule has 0 aromatic heterocycles. The first-order valence-electron chi connectivity index (χ1n) is 7.67. The molecule has 6 nitrogen and oxygen atoms in total. The van der Waals surface area contributed by atoms with Gasteiger partial charge in [-0.15, -0.1) is 0 Å². The summed E-state index contributed by atoms with van der Waals surface area (Å²) >= 11 is 6.03. The highest BCUT2D eigenvalue weighted by atomic mass is 35.5. The van der Waals surface area contributed by atoms with Crippen LogP contribution in [-0.4, -0.2) is 36.4 Å². The van der Waals surface area contributed by atoms with Gasteiger partial charge in [-0.05, 0) is 49.2 Å². The Kier molecular flexibility index (Phi) is 4.99. The molecule has 132 valence electrons. The highest BCUT2D eigenvalue weighted by Crippen LogP contribution is 2.31. The van der Waals surface area contributed by atoms with Crippen molar-refractivity contribution in [1.29, 1.82) is 0 Å². The molecule has 2 aromatic carbocycles. The van der Waals surface area contributed by atoms with Crippen molar-refractivity contribution in [2.24, 2.45) is 0 Å². The quantitative estimate of drug-likeness (QED) is 0.858. The number of ether oxygens (including phenoxy) is 1. The maximum Gasteiger partial charge on any atom is 0.322 e. The summed E-state index contributed by atoms with van der Waals surface area (Å²) in [5.41, 5.74) is 0. The van der Waals surface area contributed by atoms with Gasteiger partial charge in [0.25, 0.3) is 0 Å². The standard InChI is InChI=1S/C17H16ClNO5S/c18-14-4-1-2-6-16(14)24-12-7-9-13(10-8-12)25(22,23)19-11-3-5-15(19)17(20)21/h1-2,4,6-10,15H,3,5,11H2,(H,20,21). The molecule has 2 aromatic rings. The van der Waals surface area contributed by atoms with E-state index < -0.39 is 22.0 Å². The van der Waals surface area contributed by atoms with E-state index in [1.54, 1.807) is 24.3 Å². The largest absolute Gasteiger partial charge is 0.480 e. The average molecular weight is 382 g/mol. The van der Waals surface area contributed by atoms with Gasteiger partial charge in [-0.1, -0.05) is 23.7 Å². The Labute approximate surface area is 150 Å². The van der Waals surface area contributed by atoms with Crippen molar-refractivity contribution in [2.75, 3.05) is 6.54 Å². The molecule has 1 heterocycles. The number of para-hydroxylation sites is 1. The van der Waals surface area contributed by atoms with E-state index in [1.807, 2.05) is 0 Å². The van der Waals surface area contributed by atoms with E-state index in [2.05, 4.69) is 0 Å². The molecule has 0 amide bonds. The van der Waals surface area contributed by atoms with Crippen LogP contribution in [0.2, 0.25) is 5.02 Å². The molecule has 8 heteroatoms. The zero-order chi connectivity index (χ0) is 18.0. The summed E-state index contributed by atoms with van der Waals surface area (Å²) in [4.78, 5) is 11.3. The molecule has 0 saturated carbocycles. The van der Waals surface area contributed by atoms with Crippen LogP contribution in [0.3, 0.4) is 0 Å². The van der Waals surface area contributed by atoms with E-state index in [4.69, 9.17) is 16.3 Å². The molecule has 0 radical (unpaired) electrons. The number of sulfonamides is 1. The highest BCUT2D eigenvalue weighted by Gasteiger charge is 2.39. The van der Waals surface area contributed by atoms with E-state index in [0.29, 0.717) is 29.4 Å². The number of hydrogen-bond acceptors (Lipinski definition) is 4. The first-order valence-corrected chi connectivity index (χ1v) is 9.48. The van der Waals surface area contributed by atoms with Crippen molar-refractivity contribution in [3.63, 3.8) is 0 Å². The van der Waals surface area contributed by atoms with E-state index in [9.17, 15) is 18.3 Å². The number of hydrogen-bond donors (Lipinski definition) is 1.